The minimum Gasteiger partial charge on any atom is -0.383 e. The molecule has 3 atom stereocenters. The highest BCUT2D eigenvalue weighted by molar-refractivity contribution is 6.20. The molecule has 15 heavy (non-hydrogen) atoms. The van der Waals surface area contributed by atoms with Crippen LogP contribution in [0.3, 0.4) is 0 Å². The van der Waals surface area contributed by atoms with Crippen LogP contribution in [-0.2, 0) is 6.42 Å². The van der Waals surface area contributed by atoms with E-state index in [1.165, 1.54) is 12.0 Å². The Morgan fingerprint density at radius 3 is 2.93 bits per heavy atom. The first kappa shape index (κ1) is 10.7. The number of nitrogens with two attached hydrogens (primary N) is 1. The molecule has 2 nitrogen and oxygen atoms in total. The molecule has 1 fully saturated rings. The van der Waals surface area contributed by atoms with Gasteiger partial charge in [0.1, 0.15) is 5.82 Å². The number of hydrogen-bond donors (Lipinski definition) is 1. The van der Waals surface area contributed by atoms with Crippen molar-refractivity contribution in [2.45, 2.75) is 31.6 Å². The van der Waals surface area contributed by atoms with Crippen molar-refractivity contribution in [1.82, 2.24) is 4.98 Å². The van der Waals surface area contributed by atoms with Crippen LogP contribution in [0.15, 0.2) is 18.3 Å². The molecule has 0 aromatic carbocycles. The Labute approximate surface area is 95.8 Å². The Hall–Kier alpha value is -0.760. The Kier molecular flexibility index (Phi) is 3.15. The molecule has 2 rings (SSSR count). The molecule has 0 radical (unpaired) electrons. The van der Waals surface area contributed by atoms with Crippen LogP contribution < -0.4 is 5.73 Å². The highest BCUT2D eigenvalue weighted by Gasteiger charge is 2.31. The number of nitrogens with zero attached hydrogens (tertiary/aromatic N) is 1. The Morgan fingerprint density at radius 2 is 2.33 bits per heavy atom. The first-order chi connectivity index (χ1) is 7.18. The lowest BCUT2D eigenvalue weighted by Crippen LogP contribution is -2.14. The average molecular weight is 225 g/mol. The van der Waals surface area contributed by atoms with E-state index in [-0.39, 0.29) is 0 Å². The van der Waals surface area contributed by atoms with Crippen molar-refractivity contribution in [3.05, 3.63) is 23.9 Å². The van der Waals surface area contributed by atoms with Crippen LogP contribution in [0.25, 0.3) is 0 Å². The zero-order valence-corrected chi connectivity index (χ0v) is 9.74. The van der Waals surface area contributed by atoms with Crippen LogP contribution in [0.1, 0.15) is 25.3 Å². The molecular weight excluding hydrogens is 208 g/mol. The van der Waals surface area contributed by atoms with E-state index in [1.807, 2.05) is 6.07 Å². The molecule has 0 amide bonds. The Morgan fingerprint density at radius 1 is 1.53 bits per heavy atom. The van der Waals surface area contributed by atoms with Crippen molar-refractivity contribution < 1.29 is 0 Å². The van der Waals surface area contributed by atoms with Gasteiger partial charge in [0.25, 0.3) is 0 Å². The van der Waals surface area contributed by atoms with Gasteiger partial charge in [-0.15, -0.1) is 11.6 Å². The van der Waals surface area contributed by atoms with E-state index in [1.54, 1.807) is 6.20 Å². The maximum atomic E-state index is 6.22. The minimum absolute atomic E-state index is 0.341. The smallest absolute Gasteiger partial charge is 0.126 e. The lowest BCUT2D eigenvalue weighted by molar-refractivity contribution is 0.420. The standard InChI is InChI=1S/C12H17ClN2/c1-8-9(4-5-11(8)13)7-10-3-2-6-15-12(10)14/h2-3,6,8-9,11H,4-5,7H2,1H3,(H2,14,15). The summed E-state index contributed by atoms with van der Waals surface area (Å²) in [6.45, 7) is 2.24. The zero-order valence-electron chi connectivity index (χ0n) is 8.99. The van der Waals surface area contributed by atoms with Crippen LogP contribution in [0, 0.1) is 11.8 Å². The SMILES string of the molecule is CC1C(Cl)CCC1Cc1cccnc1N. The van der Waals surface area contributed by atoms with Gasteiger partial charge in [0.2, 0.25) is 0 Å². The van der Waals surface area contributed by atoms with Gasteiger partial charge in [-0.2, -0.15) is 0 Å². The molecule has 3 heteroatoms. The number of rotatable bonds is 2. The highest BCUT2D eigenvalue weighted by atomic mass is 35.5. The van der Waals surface area contributed by atoms with Crippen LogP contribution in [0.5, 0.6) is 0 Å². The molecule has 1 aromatic heterocycles. The summed E-state index contributed by atoms with van der Waals surface area (Å²) in [7, 11) is 0. The number of halogens is 1. The normalized spacial score (nSPS) is 30.7. The number of pyridine rings is 1. The Balaban J connectivity index is 2.07. The molecule has 82 valence electrons. The summed E-state index contributed by atoms with van der Waals surface area (Å²) < 4.78 is 0. The second-order valence-electron chi connectivity index (χ2n) is 4.46. The van der Waals surface area contributed by atoms with E-state index in [4.69, 9.17) is 17.3 Å². The lowest BCUT2D eigenvalue weighted by Gasteiger charge is -2.17. The molecule has 1 aliphatic carbocycles. The predicted molar refractivity (Wildman–Crippen MR) is 63.9 cm³/mol. The topological polar surface area (TPSA) is 38.9 Å². The van der Waals surface area contributed by atoms with Gasteiger partial charge in [-0.25, -0.2) is 4.98 Å². The van der Waals surface area contributed by atoms with E-state index < -0.39 is 0 Å². The first-order valence-electron chi connectivity index (χ1n) is 5.52. The summed E-state index contributed by atoms with van der Waals surface area (Å²) in [6, 6.07) is 4.01. The highest BCUT2D eigenvalue weighted by Crippen LogP contribution is 2.37. The number of hydrogen-bond acceptors (Lipinski definition) is 2. The lowest BCUT2D eigenvalue weighted by atomic mass is 9.91. The quantitative estimate of drug-likeness (QED) is 0.785. The summed E-state index contributed by atoms with van der Waals surface area (Å²) in [6.07, 6.45) is 5.10. The first-order valence-corrected chi connectivity index (χ1v) is 5.95. The zero-order chi connectivity index (χ0) is 10.8. The summed E-state index contributed by atoms with van der Waals surface area (Å²) in [5, 5.41) is 0.341. The van der Waals surface area contributed by atoms with Gasteiger partial charge in [0.05, 0.1) is 0 Å². The van der Waals surface area contributed by atoms with Gasteiger partial charge in [-0.1, -0.05) is 13.0 Å². The van der Waals surface area contributed by atoms with Crippen molar-refractivity contribution >= 4 is 17.4 Å². The van der Waals surface area contributed by atoms with Crippen molar-refractivity contribution in [2.24, 2.45) is 11.8 Å². The van der Waals surface area contributed by atoms with Gasteiger partial charge in [-0.3, -0.25) is 0 Å². The molecule has 0 spiro atoms. The summed E-state index contributed by atoms with van der Waals surface area (Å²) in [4.78, 5) is 4.11. The molecular formula is C12H17ClN2. The van der Waals surface area contributed by atoms with Crippen LogP contribution in [0.4, 0.5) is 5.82 Å². The summed E-state index contributed by atoms with van der Waals surface area (Å²) in [5.41, 5.74) is 7.00. The second-order valence-corrected chi connectivity index (χ2v) is 5.03. The number of alkyl halides is 1. The number of aromatic nitrogens is 1. The van der Waals surface area contributed by atoms with E-state index in [2.05, 4.69) is 18.0 Å². The largest absolute Gasteiger partial charge is 0.383 e. The van der Waals surface area contributed by atoms with Gasteiger partial charge in [-0.05, 0) is 42.7 Å². The van der Waals surface area contributed by atoms with Crippen molar-refractivity contribution in [1.29, 1.82) is 0 Å². The Bertz CT molecular complexity index is 340. The van der Waals surface area contributed by atoms with Crippen molar-refractivity contribution in [3.8, 4) is 0 Å². The maximum Gasteiger partial charge on any atom is 0.126 e. The fourth-order valence-electron chi connectivity index (χ4n) is 2.39. The van der Waals surface area contributed by atoms with Crippen molar-refractivity contribution in [2.75, 3.05) is 5.73 Å². The third kappa shape index (κ3) is 2.25. The van der Waals surface area contributed by atoms with E-state index in [9.17, 15) is 0 Å². The molecule has 0 aliphatic heterocycles. The molecule has 1 aliphatic rings. The van der Waals surface area contributed by atoms with E-state index in [0.717, 1.165) is 12.8 Å². The van der Waals surface area contributed by atoms with Gasteiger partial charge in [0, 0.05) is 11.6 Å². The molecule has 3 unspecified atom stereocenters. The van der Waals surface area contributed by atoms with Crippen molar-refractivity contribution in [3.63, 3.8) is 0 Å². The molecule has 1 aromatic rings. The molecule has 1 heterocycles. The van der Waals surface area contributed by atoms with Gasteiger partial charge in [0.15, 0.2) is 0 Å². The fourth-order valence-corrected chi connectivity index (χ4v) is 2.72. The monoisotopic (exact) mass is 224 g/mol. The molecule has 0 bridgehead atoms. The van der Waals surface area contributed by atoms with Gasteiger partial charge >= 0.3 is 0 Å². The molecule has 2 N–H and O–H groups in total. The van der Waals surface area contributed by atoms with Gasteiger partial charge < -0.3 is 5.73 Å². The van der Waals surface area contributed by atoms with Crippen LogP contribution in [-0.4, -0.2) is 10.4 Å². The van der Waals surface area contributed by atoms with E-state index >= 15 is 0 Å². The van der Waals surface area contributed by atoms with Crippen LogP contribution >= 0.6 is 11.6 Å². The third-order valence-electron chi connectivity index (χ3n) is 3.54. The fraction of sp³-hybridized carbons (Fsp3) is 0.583. The summed E-state index contributed by atoms with van der Waals surface area (Å²) >= 11 is 6.22. The minimum atomic E-state index is 0.341. The molecule has 1 saturated carbocycles. The van der Waals surface area contributed by atoms with Crippen LogP contribution in [0.2, 0.25) is 0 Å². The summed E-state index contributed by atoms with van der Waals surface area (Å²) in [5.74, 6) is 1.92. The maximum absolute atomic E-state index is 6.22. The average Bonchev–Trinajstić information content (AvgIpc) is 2.53. The number of anilines is 1. The second kappa shape index (κ2) is 4.40. The molecule has 0 saturated heterocycles. The third-order valence-corrected chi connectivity index (χ3v) is 4.15. The van der Waals surface area contributed by atoms with E-state index in [0.29, 0.717) is 23.0 Å². The predicted octanol–water partition coefficient (Wildman–Crippen LogP) is 2.86. The number of nitrogen functional groups attached to an aromatic ring is 1.